The van der Waals surface area contributed by atoms with E-state index in [1.807, 2.05) is 18.7 Å². The molecule has 116 valence electrons. The van der Waals surface area contributed by atoms with Crippen LogP contribution in [-0.2, 0) is 14.3 Å². The maximum atomic E-state index is 12.0. The lowest BCUT2D eigenvalue weighted by Gasteiger charge is -2.21. The molecule has 1 fully saturated rings. The molecule has 1 aliphatic heterocycles. The van der Waals surface area contributed by atoms with E-state index in [1.54, 1.807) is 6.07 Å². The first-order valence-electron chi connectivity index (χ1n) is 7.09. The van der Waals surface area contributed by atoms with Crippen molar-refractivity contribution in [1.82, 2.24) is 10.1 Å². The average molecular weight is 295 g/mol. The molecule has 1 aromatic rings. The average Bonchev–Trinajstić information content (AvgIpc) is 3.07. The molecule has 0 aromatic carbocycles. The zero-order chi connectivity index (χ0) is 15.4. The van der Waals surface area contributed by atoms with Gasteiger partial charge >= 0.3 is 5.97 Å². The third-order valence-electron chi connectivity index (χ3n) is 3.57. The molecule has 0 radical (unpaired) electrons. The van der Waals surface area contributed by atoms with E-state index in [0.29, 0.717) is 12.4 Å². The van der Waals surface area contributed by atoms with Crippen molar-refractivity contribution in [2.24, 2.45) is 0 Å². The van der Waals surface area contributed by atoms with Crippen molar-refractivity contribution < 1.29 is 18.8 Å². The van der Waals surface area contributed by atoms with Crippen molar-refractivity contribution in [3.05, 3.63) is 11.8 Å². The molecule has 1 aliphatic rings. The number of ether oxygens (including phenoxy) is 1. The summed E-state index contributed by atoms with van der Waals surface area (Å²) in [5.41, 5.74) is 0.791. The van der Waals surface area contributed by atoms with Gasteiger partial charge in [-0.1, -0.05) is 19.0 Å². The summed E-state index contributed by atoms with van der Waals surface area (Å²) in [5.74, 6) is 0.0542. The van der Waals surface area contributed by atoms with Crippen LogP contribution in [-0.4, -0.2) is 48.2 Å². The number of hydrogen-bond donors (Lipinski definition) is 1. The molecular weight excluding hydrogens is 274 g/mol. The van der Waals surface area contributed by atoms with Gasteiger partial charge in [0.2, 0.25) is 11.8 Å². The largest absolute Gasteiger partial charge is 0.468 e. The summed E-state index contributed by atoms with van der Waals surface area (Å²) in [7, 11) is 1.36. The second-order valence-corrected chi connectivity index (χ2v) is 5.47. The fourth-order valence-electron chi connectivity index (χ4n) is 2.40. The lowest BCUT2D eigenvalue weighted by molar-refractivity contribution is -0.146. The molecule has 7 nitrogen and oxygen atoms in total. The van der Waals surface area contributed by atoms with Crippen LogP contribution in [0.5, 0.6) is 0 Å². The number of esters is 1. The highest BCUT2D eigenvalue weighted by Gasteiger charge is 2.32. The first-order valence-corrected chi connectivity index (χ1v) is 7.09. The van der Waals surface area contributed by atoms with Gasteiger partial charge in [-0.25, -0.2) is 0 Å². The Labute approximate surface area is 123 Å². The molecule has 2 rings (SSSR count). The predicted octanol–water partition coefficient (Wildman–Crippen LogP) is 1.37. The first kappa shape index (κ1) is 15.5. The molecule has 21 heavy (non-hydrogen) atoms. The Hall–Kier alpha value is -1.89. The van der Waals surface area contributed by atoms with Gasteiger partial charge in [-0.05, 0) is 25.3 Å². The Balaban J connectivity index is 1.90. The fraction of sp³-hybridized carbons (Fsp3) is 0.643. The van der Waals surface area contributed by atoms with Crippen LogP contribution in [0.15, 0.2) is 10.6 Å². The lowest BCUT2D eigenvalue weighted by Crippen LogP contribution is -2.41. The van der Waals surface area contributed by atoms with Gasteiger partial charge < -0.3 is 9.26 Å². The quantitative estimate of drug-likeness (QED) is 0.826. The van der Waals surface area contributed by atoms with Crippen LogP contribution in [0, 0.1) is 0 Å². The van der Waals surface area contributed by atoms with Crippen molar-refractivity contribution in [3.63, 3.8) is 0 Å². The van der Waals surface area contributed by atoms with Crippen LogP contribution >= 0.6 is 0 Å². The Morgan fingerprint density at radius 2 is 2.33 bits per heavy atom. The fourth-order valence-corrected chi connectivity index (χ4v) is 2.40. The van der Waals surface area contributed by atoms with Crippen LogP contribution < -0.4 is 5.32 Å². The number of methoxy groups -OCH3 is 1. The van der Waals surface area contributed by atoms with Gasteiger partial charge in [-0.3, -0.25) is 19.8 Å². The number of hydrogen-bond acceptors (Lipinski definition) is 6. The molecule has 0 saturated carbocycles. The monoisotopic (exact) mass is 295 g/mol. The second-order valence-electron chi connectivity index (χ2n) is 5.47. The molecule has 2 heterocycles. The van der Waals surface area contributed by atoms with E-state index in [4.69, 9.17) is 9.26 Å². The van der Waals surface area contributed by atoms with E-state index >= 15 is 0 Å². The van der Waals surface area contributed by atoms with Crippen molar-refractivity contribution in [2.75, 3.05) is 25.5 Å². The number of nitrogens with zero attached hydrogens (tertiary/aromatic N) is 2. The molecule has 0 bridgehead atoms. The molecule has 1 unspecified atom stereocenters. The van der Waals surface area contributed by atoms with E-state index in [9.17, 15) is 9.59 Å². The Bertz CT molecular complexity index is 512. The number of aromatic nitrogens is 1. The zero-order valence-corrected chi connectivity index (χ0v) is 12.6. The standard InChI is InChI=1S/C14H21N3O4/c1-9(2)10-7-13(21-16-10)15-12(18)8-17-6-4-5-11(17)14(19)20-3/h7,9,11H,4-6,8H2,1-3H3,(H,15,18). The highest BCUT2D eigenvalue weighted by atomic mass is 16.5. The molecule has 1 amide bonds. The van der Waals surface area contributed by atoms with Gasteiger partial charge in [0.25, 0.3) is 0 Å². The van der Waals surface area contributed by atoms with Crippen molar-refractivity contribution >= 4 is 17.8 Å². The first-order chi connectivity index (χ1) is 10.0. The number of amides is 1. The summed E-state index contributed by atoms with van der Waals surface area (Å²) in [6.07, 6.45) is 1.60. The van der Waals surface area contributed by atoms with Crippen LogP contribution in [0.1, 0.15) is 38.3 Å². The van der Waals surface area contributed by atoms with Crippen LogP contribution in [0.25, 0.3) is 0 Å². The third-order valence-corrected chi connectivity index (χ3v) is 3.57. The maximum absolute atomic E-state index is 12.0. The van der Waals surface area contributed by atoms with Gasteiger partial charge in [0.1, 0.15) is 6.04 Å². The van der Waals surface area contributed by atoms with Crippen LogP contribution in [0.2, 0.25) is 0 Å². The number of rotatable bonds is 5. The van der Waals surface area contributed by atoms with Gasteiger partial charge in [0.15, 0.2) is 0 Å². The summed E-state index contributed by atoms with van der Waals surface area (Å²) in [5, 5.41) is 6.54. The summed E-state index contributed by atoms with van der Waals surface area (Å²) in [6.45, 7) is 4.83. The van der Waals surface area contributed by atoms with Gasteiger partial charge in [-0.15, -0.1) is 0 Å². The Morgan fingerprint density at radius 3 is 2.95 bits per heavy atom. The molecule has 1 saturated heterocycles. The molecule has 7 heteroatoms. The summed E-state index contributed by atoms with van der Waals surface area (Å²) < 4.78 is 9.82. The van der Waals surface area contributed by atoms with E-state index in [1.165, 1.54) is 7.11 Å². The molecule has 1 N–H and O–H groups in total. The summed E-state index contributed by atoms with van der Waals surface area (Å²) in [6, 6.07) is 1.38. The summed E-state index contributed by atoms with van der Waals surface area (Å²) >= 11 is 0. The minimum atomic E-state index is -0.332. The normalized spacial score (nSPS) is 19.0. The van der Waals surface area contributed by atoms with Gasteiger partial charge in [0.05, 0.1) is 19.3 Å². The number of carbonyl (C=O) groups excluding carboxylic acids is 2. The van der Waals surface area contributed by atoms with E-state index in [2.05, 4.69) is 10.5 Å². The highest BCUT2D eigenvalue weighted by Crippen LogP contribution is 2.19. The second kappa shape index (κ2) is 6.71. The number of anilines is 1. The van der Waals surface area contributed by atoms with Crippen molar-refractivity contribution in [2.45, 2.75) is 38.6 Å². The van der Waals surface area contributed by atoms with Gasteiger partial charge in [-0.2, -0.15) is 0 Å². The Kier molecular flexibility index (Phi) is 4.95. The maximum Gasteiger partial charge on any atom is 0.323 e. The van der Waals surface area contributed by atoms with Crippen molar-refractivity contribution in [1.29, 1.82) is 0 Å². The predicted molar refractivity (Wildman–Crippen MR) is 75.8 cm³/mol. The zero-order valence-electron chi connectivity index (χ0n) is 12.6. The minimum Gasteiger partial charge on any atom is -0.468 e. The molecule has 1 atom stereocenters. The number of nitrogens with one attached hydrogen (secondary N) is 1. The van der Waals surface area contributed by atoms with E-state index < -0.39 is 0 Å². The SMILES string of the molecule is COC(=O)C1CCCN1CC(=O)Nc1cc(C(C)C)no1. The Morgan fingerprint density at radius 1 is 1.57 bits per heavy atom. The van der Waals surface area contributed by atoms with Crippen LogP contribution in [0.4, 0.5) is 5.88 Å². The number of likely N-dealkylation sites (tertiary alicyclic amines) is 1. The van der Waals surface area contributed by atoms with E-state index in [0.717, 1.165) is 18.5 Å². The molecular formula is C14H21N3O4. The number of carbonyl (C=O) groups is 2. The smallest absolute Gasteiger partial charge is 0.323 e. The molecule has 1 aromatic heterocycles. The topological polar surface area (TPSA) is 84.7 Å². The molecule has 0 spiro atoms. The molecule has 0 aliphatic carbocycles. The third kappa shape index (κ3) is 3.81. The van der Waals surface area contributed by atoms with E-state index in [-0.39, 0.29) is 30.4 Å². The van der Waals surface area contributed by atoms with Crippen LogP contribution in [0.3, 0.4) is 0 Å². The van der Waals surface area contributed by atoms with Gasteiger partial charge in [0, 0.05) is 6.07 Å². The minimum absolute atomic E-state index is 0.136. The summed E-state index contributed by atoms with van der Waals surface area (Å²) in [4.78, 5) is 25.5. The highest BCUT2D eigenvalue weighted by molar-refractivity contribution is 5.91. The lowest BCUT2D eigenvalue weighted by atomic mass is 10.1. The van der Waals surface area contributed by atoms with Crippen molar-refractivity contribution in [3.8, 4) is 0 Å².